The molecule has 0 bridgehead atoms. The molecule has 2 aromatic rings. The highest BCUT2D eigenvalue weighted by molar-refractivity contribution is 5.97. The number of nitrogens with two attached hydrogens (primary N) is 1. The van der Waals surface area contributed by atoms with Gasteiger partial charge in [-0.2, -0.15) is 0 Å². The SMILES string of the molecule is NC1CCC(NC(=O)c2cc3cc([N+](=O)[O-])ccc3oc2=O)CC1. The van der Waals surface area contributed by atoms with Gasteiger partial charge in [-0.05, 0) is 37.8 Å². The smallest absolute Gasteiger partial charge is 0.349 e. The van der Waals surface area contributed by atoms with Gasteiger partial charge in [0.15, 0.2) is 0 Å². The molecule has 8 heteroatoms. The van der Waals surface area contributed by atoms with Crippen LogP contribution >= 0.6 is 0 Å². The van der Waals surface area contributed by atoms with Gasteiger partial charge in [-0.3, -0.25) is 14.9 Å². The summed E-state index contributed by atoms with van der Waals surface area (Å²) in [6.07, 6.45) is 3.17. The molecule has 126 valence electrons. The topological polar surface area (TPSA) is 128 Å². The van der Waals surface area contributed by atoms with Crippen molar-refractivity contribution in [3.8, 4) is 0 Å². The number of nitrogens with one attached hydrogen (secondary N) is 1. The predicted octanol–water partition coefficient (Wildman–Crippen LogP) is 1.70. The highest BCUT2D eigenvalue weighted by Crippen LogP contribution is 2.21. The number of rotatable bonds is 3. The largest absolute Gasteiger partial charge is 0.422 e. The Bertz CT molecular complexity index is 852. The van der Waals surface area contributed by atoms with Crippen molar-refractivity contribution in [2.24, 2.45) is 5.73 Å². The molecule has 24 heavy (non-hydrogen) atoms. The fourth-order valence-electron chi connectivity index (χ4n) is 2.91. The van der Waals surface area contributed by atoms with Gasteiger partial charge in [0.1, 0.15) is 11.1 Å². The third-order valence-electron chi connectivity index (χ3n) is 4.28. The molecule has 1 aliphatic carbocycles. The van der Waals surface area contributed by atoms with E-state index in [1.807, 2.05) is 0 Å². The second kappa shape index (κ2) is 6.40. The number of amides is 1. The number of carbonyl (C=O) groups is 1. The Morgan fingerprint density at radius 2 is 1.96 bits per heavy atom. The molecule has 0 spiro atoms. The minimum absolute atomic E-state index is 0.0301. The average molecular weight is 331 g/mol. The fraction of sp³-hybridized carbons (Fsp3) is 0.375. The fourth-order valence-corrected chi connectivity index (χ4v) is 2.91. The molecular formula is C16H17N3O5. The number of carbonyl (C=O) groups excluding carboxylic acids is 1. The average Bonchev–Trinajstić information content (AvgIpc) is 2.55. The molecule has 1 aromatic heterocycles. The van der Waals surface area contributed by atoms with E-state index in [4.69, 9.17) is 10.2 Å². The van der Waals surface area contributed by atoms with Gasteiger partial charge in [0.05, 0.1) is 4.92 Å². The van der Waals surface area contributed by atoms with Crippen molar-refractivity contribution in [1.29, 1.82) is 0 Å². The van der Waals surface area contributed by atoms with Crippen LogP contribution in [0.3, 0.4) is 0 Å². The molecule has 0 atom stereocenters. The Labute approximate surface area is 136 Å². The van der Waals surface area contributed by atoms with Crippen molar-refractivity contribution in [1.82, 2.24) is 5.32 Å². The molecule has 1 amide bonds. The maximum absolute atomic E-state index is 12.3. The van der Waals surface area contributed by atoms with Gasteiger partial charge in [-0.15, -0.1) is 0 Å². The Morgan fingerprint density at radius 1 is 1.25 bits per heavy atom. The number of nitrogens with zero attached hydrogens (tertiary/aromatic N) is 1. The van der Waals surface area contributed by atoms with Gasteiger partial charge in [-0.25, -0.2) is 4.79 Å². The molecule has 0 unspecified atom stereocenters. The first-order valence-electron chi connectivity index (χ1n) is 7.73. The number of nitro benzene ring substituents is 1. The van der Waals surface area contributed by atoms with E-state index >= 15 is 0 Å². The van der Waals surface area contributed by atoms with Crippen molar-refractivity contribution >= 4 is 22.6 Å². The minimum atomic E-state index is -0.763. The molecule has 3 rings (SSSR count). The summed E-state index contributed by atoms with van der Waals surface area (Å²) in [6.45, 7) is 0. The van der Waals surface area contributed by atoms with Crippen LogP contribution in [0.25, 0.3) is 11.0 Å². The number of non-ortho nitro benzene ring substituents is 1. The third kappa shape index (κ3) is 3.28. The summed E-state index contributed by atoms with van der Waals surface area (Å²) < 4.78 is 5.10. The Morgan fingerprint density at radius 3 is 2.62 bits per heavy atom. The van der Waals surface area contributed by atoms with Crippen LogP contribution in [0.1, 0.15) is 36.0 Å². The summed E-state index contributed by atoms with van der Waals surface area (Å²) >= 11 is 0. The Hall–Kier alpha value is -2.74. The summed E-state index contributed by atoms with van der Waals surface area (Å²) in [7, 11) is 0. The van der Waals surface area contributed by atoms with Crippen LogP contribution < -0.4 is 16.7 Å². The van der Waals surface area contributed by atoms with Crippen LogP contribution in [0.5, 0.6) is 0 Å². The quantitative estimate of drug-likeness (QED) is 0.500. The molecule has 1 aliphatic rings. The van der Waals surface area contributed by atoms with Crippen LogP contribution in [-0.2, 0) is 0 Å². The Balaban J connectivity index is 1.87. The third-order valence-corrected chi connectivity index (χ3v) is 4.28. The first kappa shape index (κ1) is 16.1. The van der Waals surface area contributed by atoms with E-state index in [1.165, 1.54) is 24.3 Å². The monoisotopic (exact) mass is 331 g/mol. The highest BCUT2D eigenvalue weighted by Gasteiger charge is 2.22. The van der Waals surface area contributed by atoms with Crippen LogP contribution in [0.4, 0.5) is 5.69 Å². The summed E-state index contributed by atoms with van der Waals surface area (Å²) in [6, 6.07) is 5.32. The lowest BCUT2D eigenvalue weighted by Gasteiger charge is -2.26. The zero-order chi connectivity index (χ0) is 17.3. The lowest BCUT2D eigenvalue weighted by molar-refractivity contribution is -0.384. The standard InChI is InChI=1S/C16H17N3O5/c17-10-1-3-11(4-2-10)18-15(20)13-8-9-7-12(19(22)23)5-6-14(9)24-16(13)21/h5-8,10-11H,1-4,17H2,(H,18,20). The van der Waals surface area contributed by atoms with Crippen molar-refractivity contribution in [2.75, 3.05) is 0 Å². The number of hydrogen-bond acceptors (Lipinski definition) is 6. The molecule has 1 fully saturated rings. The molecular weight excluding hydrogens is 314 g/mol. The lowest BCUT2D eigenvalue weighted by Crippen LogP contribution is -2.41. The first-order chi connectivity index (χ1) is 11.4. The van der Waals surface area contributed by atoms with Crippen molar-refractivity contribution in [2.45, 2.75) is 37.8 Å². The molecule has 0 saturated heterocycles. The summed E-state index contributed by atoms with van der Waals surface area (Å²) in [5, 5.41) is 14.0. The van der Waals surface area contributed by atoms with E-state index in [9.17, 15) is 19.7 Å². The van der Waals surface area contributed by atoms with Crippen molar-refractivity contribution < 1.29 is 14.1 Å². The van der Waals surface area contributed by atoms with E-state index in [-0.39, 0.29) is 28.9 Å². The maximum Gasteiger partial charge on any atom is 0.349 e. The van der Waals surface area contributed by atoms with Gasteiger partial charge in [0, 0.05) is 29.6 Å². The second-order valence-electron chi connectivity index (χ2n) is 6.01. The summed E-state index contributed by atoms with van der Waals surface area (Å²) in [5.41, 5.74) is 4.98. The van der Waals surface area contributed by atoms with Gasteiger partial charge in [-0.1, -0.05) is 0 Å². The van der Waals surface area contributed by atoms with Gasteiger partial charge >= 0.3 is 5.63 Å². The van der Waals surface area contributed by atoms with Crippen LogP contribution in [0, 0.1) is 10.1 Å². The van der Waals surface area contributed by atoms with E-state index in [1.54, 1.807) is 0 Å². The molecule has 8 nitrogen and oxygen atoms in total. The van der Waals surface area contributed by atoms with Crippen LogP contribution in [0.15, 0.2) is 33.5 Å². The minimum Gasteiger partial charge on any atom is -0.422 e. The number of nitro groups is 1. The number of fused-ring (bicyclic) bond motifs is 1. The van der Waals surface area contributed by atoms with Gasteiger partial charge in [0.25, 0.3) is 11.6 Å². The van der Waals surface area contributed by atoms with Crippen molar-refractivity contribution in [3.05, 3.63) is 50.4 Å². The number of benzene rings is 1. The van der Waals surface area contributed by atoms with Gasteiger partial charge < -0.3 is 15.5 Å². The van der Waals surface area contributed by atoms with Crippen LogP contribution in [-0.4, -0.2) is 22.9 Å². The van der Waals surface area contributed by atoms with E-state index in [2.05, 4.69) is 5.32 Å². The zero-order valence-electron chi connectivity index (χ0n) is 12.9. The molecule has 1 saturated carbocycles. The van der Waals surface area contributed by atoms with E-state index in [0.717, 1.165) is 25.7 Å². The number of hydrogen-bond donors (Lipinski definition) is 2. The normalized spacial score (nSPS) is 20.7. The van der Waals surface area contributed by atoms with E-state index in [0.29, 0.717) is 5.39 Å². The summed E-state index contributed by atoms with van der Waals surface area (Å²) in [4.78, 5) is 34.6. The zero-order valence-corrected chi connectivity index (χ0v) is 12.9. The Kier molecular flexibility index (Phi) is 4.30. The summed E-state index contributed by atoms with van der Waals surface area (Å²) in [5.74, 6) is -0.530. The lowest BCUT2D eigenvalue weighted by atomic mass is 9.91. The highest BCUT2D eigenvalue weighted by atomic mass is 16.6. The van der Waals surface area contributed by atoms with Crippen LogP contribution in [0.2, 0.25) is 0 Å². The molecule has 3 N–H and O–H groups in total. The molecule has 0 radical (unpaired) electrons. The first-order valence-corrected chi connectivity index (χ1v) is 7.73. The second-order valence-corrected chi connectivity index (χ2v) is 6.01. The molecule has 1 heterocycles. The van der Waals surface area contributed by atoms with Crippen molar-refractivity contribution in [3.63, 3.8) is 0 Å². The molecule has 1 aromatic carbocycles. The predicted molar refractivity (Wildman–Crippen MR) is 86.8 cm³/mol. The molecule has 0 aliphatic heterocycles. The van der Waals surface area contributed by atoms with E-state index < -0.39 is 16.5 Å². The van der Waals surface area contributed by atoms with Gasteiger partial charge in [0.2, 0.25) is 0 Å². The maximum atomic E-state index is 12.3.